The molecule has 0 unspecified atom stereocenters. The summed E-state index contributed by atoms with van der Waals surface area (Å²) in [5, 5.41) is 3.46. The maximum absolute atomic E-state index is 13.2. The van der Waals surface area contributed by atoms with E-state index in [4.69, 9.17) is 0 Å². The number of sulfonamides is 1. The van der Waals surface area contributed by atoms with Crippen molar-refractivity contribution < 1.29 is 13.2 Å². The van der Waals surface area contributed by atoms with E-state index in [1.165, 1.54) is 0 Å². The molecule has 0 saturated carbocycles. The molecule has 1 atom stereocenters. The zero-order chi connectivity index (χ0) is 23.5. The van der Waals surface area contributed by atoms with Crippen LogP contribution < -0.4 is 5.32 Å². The van der Waals surface area contributed by atoms with Gasteiger partial charge in [0.2, 0.25) is 10.0 Å². The predicted octanol–water partition coefficient (Wildman–Crippen LogP) is 5.02. The summed E-state index contributed by atoms with van der Waals surface area (Å²) in [7, 11) is -3.50. The van der Waals surface area contributed by atoms with Gasteiger partial charge in [-0.2, -0.15) is 4.31 Å². The van der Waals surface area contributed by atoms with Crippen molar-refractivity contribution in [3.8, 4) is 0 Å². The van der Waals surface area contributed by atoms with Gasteiger partial charge in [0, 0.05) is 36.4 Å². The summed E-state index contributed by atoms with van der Waals surface area (Å²) >= 11 is 0. The third-order valence-corrected chi connectivity index (χ3v) is 8.53. The maximum Gasteiger partial charge on any atom is 0.256 e. The average Bonchev–Trinajstić information content (AvgIpc) is 3.05. The fraction of sp³-hybridized carbons (Fsp3) is 0.296. The first-order valence-electron chi connectivity index (χ1n) is 11.8. The summed E-state index contributed by atoms with van der Waals surface area (Å²) in [6.45, 7) is 1.64. The molecule has 3 aromatic rings. The third kappa shape index (κ3) is 4.45. The molecule has 0 bridgehead atoms. The van der Waals surface area contributed by atoms with Crippen LogP contribution in [0.2, 0.25) is 0 Å². The molecule has 1 fully saturated rings. The van der Waals surface area contributed by atoms with E-state index in [1.54, 1.807) is 28.6 Å². The van der Waals surface area contributed by atoms with Gasteiger partial charge in [-0.05, 0) is 48.7 Å². The Morgan fingerprint density at radius 2 is 1.44 bits per heavy atom. The predicted molar refractivity (Wildman–Crippen MR) is 133 cm³/mol. The van der Waals surface area contributed by atoms with E-state index < -0.39 is 10.0 Å². The lowest BCUT2D eigenvalue weighted by atomic mass is 10.1. The first kappa shape index (κ1) is 22.6. The molecule has 2 aliphatic rings. The zero-order valence-corrected chi connectivity index (χ0v) is 19.9. The van der Waals surface area contributed by atoms with Crippen LogP contribution in [-0.2, 0) is 16.6 Å². The van der Waals surface area contributed by atoms with Crippen molar-refractivity contribution in [2.75, 3.05) is 18.4 Å². The molecule has 2 heterocycles. The number of nitrogens with one attached hydrogen (secondary N) is 1. The van der Waals surface area contributed by atoms with E-state index in [0.29, 0.717) is 30.1 Å². The van der Waals surface area contributed by atoms with Gasteiger partial charge < -0.3 is 10.2 Å². The zero-order valence-electron chi connectivity index (χ0n) is 19.1. The van der Waals surface area contributed by atoms with E-state index >= 15 is 0 Å². The molecular formula is C27H29N3O3S. The highest BCUT2D eigenvalue weighted by Crippen LogP contribution is 2.35. The molecule has 0 radical (unpaired) electrons. The van der Waals surface area contributed by atoms with Crippen molar-refractivity contribution in [2.45, 2.75) is 43.3 Å². The SMILES string of the molecule is O=C1c2ccccc2[C@@H](Nc2ccc(S(=O)(=O)N3CCCCCC3)cc2)N1Cc1ccccc1. The number of nitrogens with zero attached hydrogens (tertiary/aromatic N) is 2. The van der Waals surface area contributed by atoms with Gasteiger partial charge in [0.25, 0.3) is 5.91 Å². The van der Waals surface area contributed by atoms with Crippen LogP contribution in [0.25, 0.3) is 0 Å². The van der Waals surface area contributed by atoms with Crippen molar-refractivity contribution in [1.82, 2.24) is 9.21 Å². The quantitative estimate of drug-likeness (QED) is 0.544. The fourth-order valence-corrected chi connectivity index (χ4v) is 6.30. The summed E-state index contributed by atoms with van der Waals surface area (Å²) in [5.74, 6) is -0.0164. The van der Waals surface area contributed by atoms with E-state index in [0.717, 1.165) is 42.5 Å². The van der Waals surface area contributed by atoms with Gasteiger partial charge in [-0.25, -0.2) is 8.42 Å². The Labute approximate surface area is 201 Å². The van der Waals surface area contributed by atoms with E-state index in [-0.39, 0.29) is 12.1 Å². The number of hydrogen-bond donors (Lipinski definition) is 1. The van der Waals surface area contributed by atoms with Gasteiger partial charge in [0.15, 0.2) is 0 Å². The molecule has 3 aromatic carbocycles. The van der Waals surface area contributed by atoms with Crippen molar-refractivity contribution in [3.05, 3.63) is 95.6 Å². The van der Waals surface area contributed by atoms with Crippen LogP contribution in [-0.4, -0.2) is 36.6 Å². The molecule has 0 spiro atoms. The van der Waals surface area contributed by atoms with Gasteiger partial charge in [-0.3, -0.25) is 4.79 Å². The molecule has 1 amide bonds. The molecule has 1 N–H and O–H groups in total. The number of carbonyl (C=O) groups is 1. The maximum atomic E-state index is 13.2. The van der Waals surface area contributed by atoms with Gasteiger partial charge in [0.05, 0.1) is 4.90 Å². The van der Waals surface area contributed by atoms with Crippen molar-refractivity contribution in [3.63, 3.8) is 0 Å². The smallest absolute Gasteiger partial charge is 0.256 e. The second-order valence-electron chi connectivity index (χ2n) is 8.90. The molecule has 6 nitrogen and oxygen atoms in total. The summed E-state index contributed by atoms with van der Waals surface area (Å²) in [6.07, 6.45) is 3.64. The number of carbonyl (C=O) groups excluding carboxylic acids is 1. The average molecular weight is 476 g/mol. The van der Waals surface area contributed by atoms with E-state index in [9.17, 15) is 13.2 Å². The largest absolute Gasteiger partial charge is 0.361 e. The highest BCUT2D eigenvalue weighted by atomic mass is 32.2. The lowest BCUT2D eigenvalue weighted by Gasteiger charge is -2.27. The minimum absolute atomic E-state index is 0.0164. The minimum atomic E-state index is -3.50. The number of hydrogen-bond acceptors (Lipinski definition) is 4. The number of anilines is 1. The lowest BCUT2D eigenvalue weighted by Crippen LogP contribution is -2.32. The summed E-state index contributed by atoms with van der Waals surface area (Å²) in [6, 6.07) is 24.4. The Kier molecular flexibility index (Phi) is 6.39. The van der Waals surface area contributed by atoms with E-state index in [2.05, 4.69) is 5.32 Å². The molecular weight excluding hydrogens is 446 g/mol. The standard InChI is InChI=1S/C27H29N3O3S/c31-27-25-13-7-6-12-24(25)26(30(27)20-21-10-4-3-5-11-21)28-22-14-16-23(17-15-22)34(32,33)29-18-8-1-2-9-19-29/h3-7,10-17,26,28H,1-2,8-9,18-20H2/t26-/m0/s1. The number of benzene rings is 3. The molecule has 1 saturated heterocycles. The minimum Gasteiger partial charge on any atom is -0.361 e. The normalized spacial score (nSPS) is 19.0. The summed E-state index contributed by atoms with van der Waals surface area (Å²) < 4.78 is 27.8. The number of amides is 1. The Morgan fingerprint density at radius 1 is 0.794 bits per heavy atom. The second-order valence-corrected chi connectivity index (χ2v) is 10.8. The van der Waals surface area contributed by atoms with Gasteiger partial charge >= 0.3 is 0 Å². The molecule has 176 valence electrons. The third-order valence-electron chi connectivity index (χ3n) is 6.61. The summed E-state index contributed by atoms with van der Waals surface area (Å²) in [4.78, 5) is 15.3. The van der Waals surface area contributed by atoms with E-state index in [1.807, 2.05) is 59.5 Å². The Hall–Kier alpha value is -3.16. The fourth-order valence-electron chi connectivity index (χ4n) is 4.78. The summed E-state index contributed by atoms with van der Waals surface area (Å²) in [5.41, 5.74) is 3.43. The van der Waals surface area contributed by atoms with Crippen molar-refractivity contribution >= 4 is 21.6 Å². The van der Waals surface area contributed by atoms with Gasteiger partial charge in [0.1, 0.15) is 6.17 Å². The van der Waals surface area contributed by atoms with Crippen molar-refractivity contribution in [2.24, 2.45) is 0 Å². The number of fused-ring (bicyclic) bond motifs is 1. The first-order chi connectivity index (χ1) is 16.5. The molecule has 0 aliphatic carbocycles. The van der Waals surface area contributed by atoms with Crippen LogP contribution in [0.1, 0.15) is 53.3 Å². The monoisotopic (exact) mass is 475 g/mol. The molecule has 34 heavy (non-hydrogen) atoms. The number of rotatable bonds is 6. The molecule has 0 aromatic heterocycles. The topological polar surface area (TPSA) is 69.7 Å². The van der Waals surface area contributed by atoms with Crippen LogP contribution >= 0.6 is 0 Å². The molecule has 7 heteroatoms. The van der Waals surface area contributed by atoms with Crippen LogP contribution in [0.3, 0.4) is 0 Å². The van der Waals surface area contributed by atoms with Crippen LogP contribution in [0, 0.1) is 0 Å². The van der Waals surface area contributed by atoms with Crippen LogP contribution in [0.5, 0.6) is 0 Å². The second kappa shape index (κ2) is 9.60. The lowest BCUT2D eigenvalue weighted by molar-refractivity contribution is 0.0728. The highest BCUT2D eigenvalue weighted by molar-refractivity contribution is 7.89. The Balaban J connectivity index is 1.39. The highest BCUT2D eigenvalue weighted by Gasteiger charge is 2.36. The van der Waals surface area contributed by atoms with Crippen LogP contribution in [0.4, 0.5) is 5.69 Å². The first-order valence-corrected chi connectivity index (χ1v) is 13.3. The Bertz CT molecular complexity index is 1250. The Morgan fingerprint density at radius 3 is 2.15 bits per heavy atom. The van der Waals surface area contributed by atoms with Gasteiger partial charge in [-0.1, -0.05) is 61.4 Å². The van der Waals surface area contributed by atoms with Crippen LogP contribution in [0.15, 0.2) is 83.8 Å². The molecule has 2 aliphatic heterocycles. The van der Waals surface area contributed by atoms with Crippen molar-refractivity contribution in [1.29, 1.82) is 0 Å². The molecule has 5 rings (SSSR count). The van der Waals surface area contributed by atoms with Gasteiger partial charge in [-0.15, -0.1) is 0 Å².